The quantitative estimate of drug-likeness (QED) is 0.786. The van der Waals surface area contributed by atoms with Crippen molar-refractivity contribution >= 4 is 28.6 Å². The largest absolute Gasteiger partial charge is 0.610 e. The molecule has 1 aromatic heterocycles. The third-order valence-corrected chi connectivity index (χ3v) is 5.76. The van der Waals surface area contributed by atoms with Crippen molar-refractivity contribution < 1.29 is 9.35 Å². The third-order valence-electron chi connectivity index (χ3n) is 4.27. The van der Waals surface area contributed by atoms with Gasteiger partial charge in [-0.05, 0) is 36.6 Å². The maximum Gasteiger partial charge on any atom is 0.244 e. The lowest BCUT2D eigenvalue weighted by Gasteiger charge is -2.40. The molecule has 0 amide bonds. The van der Waals surface area contributed by atoms with E-state index in [1.54, 1.807) is 36.5 Å². The van der Waals surface area contributed by atoms with Gasteiger partial charge in [-0.2, -0.15) is 0 Å². The summed E-state index contributed by atoms with van der Waals surface area (Å²) >= 11 is 4.53. The van der Waals surface area contributed by atoms with Gasteiger partial charge < -0.3 is 4.55 Å². The number of halogens is 1. The van der Waals surface area contributed by atoms with Gasteiger partial charge in [0.25, 0.3) is 0 Å². The zero-order valence-electron chi connectivity index (χ0n) is 12.0. The summed E-state index contributed by atoms with van der Waals surface area (Å²) in [5.74, 6) is 0.0460. The molecule has 3 rings (SSSR count). The molecule has 0 spiro atoms. The summed E-state index contributed by atoms with van der Waals surface area (Å²) in [5, 5.41) is 1.11. The SMILES string of the molecule is O=C(C[S+]([O-])c1ccccn1)C1(c2ccc(Cl)cc2)CCC1. The second kappa shape index (κ2) is 6.41. The van der Waals surface area contributed by atoms with Crippen molar-refractivity contribution in [1.82, 2.24) is 4.98 Å². The molecular weight excluding hydrogens is 318 g/mol. The highest BCUT2D eigenvalue weighted by atomic mass is 35.5. The molecule has 0 N–H and O–H groups in total. The van der Waals surface area contributed by atoms with Gasteiger partial charge in [0.15, 0.2) is 11.5 Å². The zero-order chi connectivity index (χ0) is 15.6. The molecule has 0 radical (unpaired) electrons. The van der Waals surface area contributed by atoms with Gasteiger partial charge in [0.2, 0.25) is 5.03 Å². The summed E-state index contributed by atoms with van der Waals surface area (Å²) in [6.07, 6.45) is 4.24. The highest BCUT2D eigenvalue weighted by Crippen LogP contribution is 2.45. The predicted octanol–water partition coefficient (Wildman–Crippen LogP) is 3.53. The van der Waals surface area contributed by atoms with E-state index in [0.717, 1.165) is 24.8 Å². The Morgan fingerprint density at radius 3 is 2.50 bits per heavy atom. The number of benzene rings is 1. The Hall–Kier alpha value is -1.36. The lowest BCUT2D eigenvalue weighted by atomic mass is 9.62. The van der Waals surface area contributed by atoms with Crippen molar-refractivity contribution in [3.8, 4) is 0 Å². The zero-order valence-corrected chi connectivity index (χ0v) is 13.6. The first kappa shape index (κ1) is 15.5. The molecule has 0 aliphatic heterocycles. The van der Waals surface area contributed by atoms with E-state index in [-0.39, 0.29) is 11.5 Å². The molecule has 1 heterocycles. The number of carbonyl (C=O) groups excluding carboxylic acids is 1. The van der Waals surface area contributed by atoms with Gasteiger partial charge in [-0.15, -0.1) is 0 Å². The van der Waals surface area contributed by atoms with Crippen LogP contribution in [-0.2, 0) is 21.4 Å². The van der Waals surface area contributed by atoms with Crippen molar-refractivity contribution in [2.24, 2.45) is 0 Å². The minimum atomic E-state index is -1.39. The van der Waals surface area contributed by atoms with Crippen LogP contribution in [0, 0.1) is 0 Å². The molecule has 1 aliphatic rings. The molecule has 1 saturated carbocycles. The molecule has 1 aromatic carbocycles. The molecule has 0 bridgehead atoms. The molecule has 5 heteroatoms. The lowest BCUT2D eigenvalue weighted by molar-refractivity contribution is -0.125. The van der Waals surface area contributed by atoms with Crippen molar-refractivity contribution in [3.63, 3.8) is 0 Å². The van der Waals surface area contributed by atoms with Crippen LogP contribution in [-0.4, -0.2) is 21.1 Å². The summed E-state index contributed by atoms with van der Waals surface area (Å²) in [6, 6.07) is 12.7. The van der Waals surface area contributed by atoms with Gasteiger partial charge in [0, 0.05) is 28.5 Å². The van der Waals surface area contributed by atoms with Crippen LogP contribution < -0.4 is 0 Å². The van der Waals surface area contributed by atoms with E-state index >= 15 is 0 Å². The number of carbonyl (C=O) groups is 1. The number of aromatic nitrogens is 1. The summed E-state index contributed by atoms with van der Waals surface area (Å²) in [5.41, 5.74) is 0.487. The Morgan fingerprint density at radius 1 is 1.23 bits per heavy atom. The van der Waals surface area contributed by atoms with Crippen LogP contribution in [0.5, 0.6) is 0 Å². The molecule has 2 aromatic rings. The molecule has 1 fully saturated rings. The van der Waals surface area contributed by atoms with E-state index in [4.69, 9.17) is 11.6 Å². The van der Waals surface area contributed by atoms with E-state index in [0.29, 0.717) is 10.0 Å². The normalized spacial score (nSPS) is 17.5. The molecule has 114 valence electrons. The van der Waals surface area contributed by atoms with Crippen LogP contribution in [0.3, 0.4) is 0 Å². The minimum absolute atomic E-state index is 0.0135. The molecule has 22 heavy (non-hydrogen) atoms. The average Bonchev–Trinajstić information content (AvgIpc) is 2.49. The number of rotatable bonds is 5. The van der Waals surface area contributed by atoms with E-state index < -0.39 is 16.6 Å². The van der Waals surface area contributed by atoms with Crippen LogP contribution >= 0.6 is 11.6 Å². The Morgan fingerprint density at radius 2 is 1.95 bits per heavy atom. The van der Waals surface area contributed by atoms with E-state index in [2.05, 4.69) is 4.98 Å². The number of pyridine rings is 1. The molecule has 0 saturated heterocycles. The minimum Gasteiger partial charge on any atom is -0.610 e. The highest BCUT2D eigenvalue weighted by molar-refractivity contribution is 7.92. The first-order chi connectivity index (χ1) is 10.6. The second-order valence-electron chi connectivity index (χ2n) is 5.52. The summed E-state index contributed by atoms with van der Waals surface area (Å²) < 4.78 is 12.3. The topological polar surface area (TPSA) is 53.0 Å². The van der Waals surface area contributed by atoms with E-state index in [1.165, 1.54) is 0 Å². The molecule has 1 atom stereocenters. The van der Waals surface area contributed by atoms with Crippen LogP contribution in [0.4, 0.5) is 0 Å². The molecular formula is C17H16ClNO2S. The predicted molar refractivity (Wildman–Crippen MR) is 87.5 cm³/mol. The van der Waals surface area contributed by atoms with Crippen molar-refractivity contribution in [2.45, 2.75) is 29.7 Å². The van der Waals surface area contributed by atoms with Gasteiger partial charge in [-0.3, -0.25) is 4.79 Å². The summed E-state index contributed by atoms with van der Waals surface area (Å²) in [6.45, 7) is 0. The highest BCUT2D eigenvalue weighted by Gasteiger charge is 2.46. The first-order valence-electron chi connectivity index (χ1n) is 7.21. The fourth-order valence-electron chi connectivity index (χ4n) is 2.84. The van der Waals surface area contributed by atoms with Crippen LogP contribution in [0.25, 0.3) is 0 Å². The summed E-state index contributed by atoms with van der Waals surface area (Å²) in [4.78, 5) is 16.8. The lowest BCUT2D eigenvalue weighted by Crippen LogP contribution is -2.45. The van der Waals surface area contributed by atoms with Gasteiger partial charge in [0.05, 0.1) is 5.41 Å². The second-order valence-corrected chi connectivity index (χ2v) is 7.36. The Bertz CT molecular complexity index is 656. The Kier molecular flexibility index (Phi) is 4.52. The molecule has 1 unspecified atom stereocenters. The Balaban J connectivity index is 1.79. The maximum atomic E-state index is 12.8. The fraction of sp³-hybridized carbons (Fsp3) is 0.294. The number of nitrogens with zero attached hydrogens (tertiary/aromatic N) is 1. The average molecular weight is 334 g/mol. The number of hydrogen-bond donors (Lipinski definition) is 0. The Labute approximate surface area is 137 Å². The van der Waals surface area contributed by atoms with Crippen molar-refractivity contribution in [1.29, 1.82) is 0 Å². The van der Waals surface area contributed by atoms with Gasteiger partial charge in [-0.25, -0.2) is 4.98 Å². The maximum absolute atomic E-state index is 12.8. The van der Waals surface area contributed by atoms with Crippen LogP contribution in [0.1, 0.15) is 24.8 Å². The fourth-order valence-corrected chi connectivity index (χ4v) is 4.04. The van der Waals surface area contributed by atoms with Crippen LogP contribution in [0.15, 0.2) is 53.7 Å². The smallest absolute Gasteiger partial charge is 0.244 e. The molecule has 3 nitrogen and oxygen atoms in total. The standard InChI is InChI=1S/C17H16ClNO2S/c18-14-7-5-13(6-8-14)17(9-3-10-17)15(20)12-22(21)16-4-1-2-11-19-16/h1-2,4-8,11H,3,9-10,12H2. The van der Waals surface area contributed by atoms with Crippen molar-refractivity contribution in [3.05, 3.63) is 59.2 Å². The monoisotopic (exact) mass is 333 g/mol. The number of hydrogen-bond acceptors (Lipinski definition) is 3. The van der Waals surface area contributed by atoms with Gasteiger partial charge >= 0.3 is 0 Å². The van der Waals surface area contributed by atoms with Gasteiger partial charge in [0.1, 0.15) is 0 Å². The van der Waals surface area contributed by atoms with Crippen molar-refractivity contribution in [2.75, 3.05) is 5.75 Å². The number of ketones is 1. The van der Waals surface area contributed by atoms with E-state index in [1.807, 2.05) is 12.1 Å². The van der Waals surface area contributed by atoms with Gasteiger partial charge in [-0.1, -0.05) is 36.2 Å². The van der Waals surface area contributed by atoms with Crippen LogP contribution in [0.2, 0.25) is 5.02 Å². The third kappa shape index (κ3) is 2.91. The summed E-state index contributed by atoms with van der Waals surface area (Å²) in [7, 11) is 0. The van der Waals surface area contributed by atoms with E-state index in [9.17, 15) is 9.35 Å². The molecule has 1 aliphatic carbocycles. The number of Topliss-reactive ketones (excluding diaryl/α,β-unsaturated/α-hetero) is 1. The first-order valence-corrected chi connectivity index (χ1v) is 8.90.